The van der Waals surface area contributed by atoms with Crippen LogP contribution in [0.1, 0.15) is 36.8 Å². The van der Waals surface area contributed by atoms with Gasteiger partial charge < -0.3 is 19.9 Å². The molecular weight excluding hydrogens is 488 g/mol. The molecule has 2 aromatic carbocycles. The molecule has 5 rings (SSSR count). The smallest absolute Gasteiger partial charge is 0.236 e. The number of rotatable bonds is 7. The van der Waals surface area contributed by atoms with Crippen LogP contribution in [0.25, 0.3) is 0 Å². The fraction of sp³-hybridized carbons (Fsp3) is 0.500. The number of para-hydroxylation sites is 1. The number of hydrogen-bond acceptors (Lipinski definition) is 5. The molecule has 0 unspecified atom stereocenters. The third-order valence-corrected chi connectivity index (χ3v) is 8.25. The topological polar surface area (TPSA) is 65.1 Å². The van der Waals surface area contributed by atoms with E-state index >= 15 is 0 Å². The van der Waals surface area contributed by atoms with E-state index in [1.54, 1.807) is 0 Å². The largest absolute Gasteiger partial charge is 0.489 e. The normalized spacial score (nSPS) is 23.6. The van der Waals surface area contributed by atoms with Gasteiger partial charge in [-0.1, -0.05) is 60.7 Å². The van der Waals surface area contributed by atoms with Gasteiger partial charge in [-0.3, -0.25) is 14.5 Å². The Kier molecular flexibility index (Phi) is 9.67. The minimum Gasteiger partial charge on any atom is -0.489 e. The number of carbonyl (C=O) groups is 2. The van der Waals surface area contributed by atoms with Gasteiger partial charge in [0.15, 0.2) is 0 Å². The Morgan fingerprint density at radius 3 is 2.59 bits per heavy atom. The molecule has 0 aromatic heterocycles. The number of fused-ring (bicyclic) bond motifs is 3. The van der Waals surface area contributed by atoms with Gasteiger partial charge in [-0.05, 0) is 55.8 Å². The standard InChI is InChI=1S/C32H42N4O3/c37-31(33-15-19-34-16-6-7-17-34)21-27-14-18-36-24-28(27)12-8-20-39-30-13-5-4-11-29(30)23-35(25-32(36)38)22-26-9-2-1-3-10-26/h1-5,8-13,27-28H,6-7,14-25H2,(H,33,37)/b12-8-/t27-,28-/m0/s1. The van der Waals surface area contributed by atoms with E-state index < -0.39 is 0 Å². The minimum atomic E-state index is 0.120. The first-order valence-corrected chi connectivity index (χ1v) is 14.5. The summed E-state index contributed by atoms with van der Waals surface area (Å²) in [6, 6.07) is 18.4. The maximum absolute atomic E-state index is 13.6. The van der Waals surface area contributed by atoms with Gasteiger partial charge in [0.2, 0.25) is 11.8 Å². The molecule has 208 valence electrons. The number of benzene rings is 2. The van der Waals surface area contributed by atoms with Crippen molar-refractivity contribution in [3.05, 3.63) is 77.9 Å². The second-order valence-electron chi connectivity index (χ2n) is 11.1. The maximum atomic E-state index is 13.6. The molecule has 0 saturated carbocycles. The van der Waals surface area contributed by atoms with Crippen LogP contribution in [0.5, 0.6) is 5.75 Å². The van der Waals surface area contributed by atoms with E-state index in [0.29, 0.717) is 52.3 Å². The monoisotopic (exact) mass is 530 g/mol. The Labute approximate surface area is 232 Å². The molecule has 3 heterocycles. The highest BCUT2D eigenvalue weighted by atomic mass is 16.5. The number of ether oxygens (including phenoxy) is 1. The molecule has 0 radical (unpaired) electrons. The summed E-state index contributed by atoms with van der Waals surface area (Å²) >= 11 is 0. The van der Waals surface area contributed by atoms with Gasteiger partial charge in [0.05, 0.1) is 6.54 Å². The molecular formula is C32H42N4O3. The molecule has 7 nitrogen and oxygen atoms in total. The van der Waals surface area contributed by atoms with Gasteiger partial charge in [-0.25, -0.2) is 0 Å². The summed E-state index contributed by atoms with van der Waals surface area (Å²) in [4.78, 5) is 33.0. The van der Waals surface area contributed by atoms with Crippen molar-refractivity contribution in [3.8, 4) is 5.75 Å². The summed E-state index contributed by atoms with van der Waals surface area (Å²) < 4.78 is 6.19. The third kappa shape index (κ3) is 7.93. The van der Waals surface area contributed by atoms with Crippen molar-refractivity contribution in [2.75, 3.05) is 52.4 Å². The highest BCUT2D eigenvalue weighted by Gasteiger charge is 2.32. The zero-order chi connectivity index (χ0) is 26.9. The first-order valence-electron chi connectivity index (χ1n) is 14.5. The number of piperidine rings is 1. The van der Waals surface area contributed by atoms with Crippen LogP contribution in [0.4, 0.5) is 0 Å². The number of carbonyl (C=O) groups excluding carboxylic acids is 2. The molecule has 0 aliphatic carbocycles. The molecule has 39 heavy (non-hydrogen) atoms. The van der Waals surface area contributed by atoms with E-state index in [0.717, 1.165) is 37.4 Å². The van der Waals surface area contributed by atoms with Crippen molar-refractivity contribution >= 4 is 11.8 Å². The summed E-state index contributed by atoms with van der Waals surface area (Å²) in [5, 5.41) is 3.14. The van der Waals surface area contributed by atoms with Crippen molar-refractivity contribution in [2.24, 2.45) is 11.8 Å². The van der Waals surface area contributed by atoms with E-state index in [9.17, 15) is 9.59 Å². The molecule has 2 atom stereocenters. The molecule has 7 heteroatoms. The zero-order valence-corrected chi connectivity index (χ0v) is 23.0. The molecule has 2 saturated heterocycles. The summed E-state index contributed by atoms with van der Waals surface area (Å²) in [7, 11) is 0. The average Bonchev–Trinajstić information content (AvgIpc) is 3.46. The van der Waals surface area contributed by atoms with Crippen molar-refractivity contribution in [2.45, 2.75) is 38.8 Å². The van der Waals surface area contributed by atoms with Crippen LogP contribution in [-0.4, -0.2) is 78.9 Å². The average molecular weight is 531 g/mol. The molecule has 1 N–H and O–H groups in total. The van der Waals surface area contributed by atoms with Crippen LogP contribution in [-0.2, 0) is 22.7 Å². The van der Waals surface area contributed by atoms with Crippen LogP contribution in [0.15, 0.2) is 66.7 Å². The lowest BCUT2D eigenvalue weighted by Gasteiger charge is -2.38. The fourth-order valence-electron chi connectivity index (χ4n) is 6.08. The van der Waals surface area contributed by atoms with Crippen LogP contribution in [0.2, 0.25) is 0 Å². The predicted molar refractivity (Wildman–Crippen MR) is 153 cm³/mol. The Morgan fingerprint density at radius 1 is 0.949 bits per heavy atom. The lowest BCUT2D eigenvalue weighted by Crippen LogP contribution is -2.47. The molecule has 2 aromatic rings. The number of nitrogens with one attached hydrogen (secondary N) is 1. The van der Waals surface area contributed by atoms with E-state index in [4.69, 9.17) is 4.74 Å². The molecule has 2 bridgehead atoms. The van der Waals surface area contributed by atoms with Crippen LogP contribution < -0.4 is 10.1 Å². The third-order valence-electron chi connectivity index (χ3n) is 8.25. The lowest BCUT2D eigenvalue weighted by molar-refractivity contribution is -0.135. The van der Waals surface area contributed by atoms with Gasteiger partial charge in [-0.2, -0.15) is 0 Å². The summed E-state index contributed by atoms with van der Waals surface area (Å²) in [6.07, 6.45) is 8.09. The van der Waals surface area contributed by atoms with Gasteiger partial charge in [-0.15, -0.1) is 0 Å². The van der Waals surface area contributed by atoms with E-state index in [1.807, 2.05) is 41.3 Å². The van der Waals surface area contributed by atoms with Gasteiger partial charge in [0, 0.05) is 51.3 Å². The quantitative estimate of drug-likeness (QED) is 0.553. The van der Waals surface area contributed by atoms with Gasteiger partial charge in [0.25, 0.3) is 0 Å². The molecule has 2 fully saturated rings. The van der Waals surface area contributed by atoms with E-state index in [1.165, 1.54) is 18.4 Å². The highest BCUT2D eigenvalue weighted by molar-refractivity contribution is 5.79. The van der Waals surface area contributed by atoms with Crippen molar-refractivity contribution in [3.63, 3.8) is 0 Å². The molecule has 3 aliphatic heterocycles. The Balaban J connectivity index is 1.26. The van der Waals surface area contributed by atoms with Crippen molar-refractivity contribution in [1.29, 1.82) is 0 Å². The summed E-state index contributed by atoms with van der Waals surface area (Å²) in [5.74, 6) is 1.47. The fourth-order valence-corrected chi connectivity index (χ4v) is 6.08. The van der Waals surface area contributed by atoms with E-state index in [2.05, 4.69) is 45.5 Å². The second-order valence-corrected chi connectivity index (χ2v) is 11.1. The van der Waals surface area contributed by atoms with Crippen LogP contribution >= 0.6 is 0 Å². The molecule has 0 spiro atoms. The van der Waals surface area contributed by atoms with Gasteiger partial charge >= 0.3 is 0 Å². The first kappa shape index (κ1) is 27.4. The first-order chi connectivity index (χ1) is 19.1. The van der Waals surface area contributed by atoms with Crippen LogP contribution in [0.3, 0.4) is 0 Å². The maximum Gasteiger partial charge on any atom is 0.236 e. The minimum absolute atomic E-state index is 0.120. The molecule has 3 aliphatic rings. The number of nitrogens with zero attached hydrogens (tertiary/aromatic N) is 3. The van der Waals surface area contributed by atoms with Crippen molar-refractivity contribution < 1.29 is 14.3 Å². The number of amides is 2. The Hall–Kier alpha value is -3.16. The number of hydrogen-bond donors (Lipinski definition) is 1. The number of likely N-dealkylation sites (tertiary alicyclic amines) is 1. The second kappa shape index (κ2) is 13.8. The van der Waals surface area contributed by atoms with Crippen molar-refractivity contribution in [1.82, 2.24) is 20.0 Å². The van der Waals surface area contributed by atoms with Crippen LogP contribution in [0, 0.1) is 11.8 Å². The van der Waals surface area contributed by atoms with Gasteiger partial charge in [0.1, 0.15) is 12.4 Å². The predicted octanol–water partition coefficient (Wildman–Crippen LogP) is 3.70. The summed E-state index contributed by atoms with van der Waals surface area (Å²) in [6.45, 7) is 7.41. The zero-order valence-electron chi connectivity index (χ0n) is 23.0. The Morgan fingerprint density at radius 2 is 1.74 bits per heavy atom. The SMILES string of the molecule is O=C(C[C@@H]1CCN2C[C@@H]1/C=C\COc1ccccc1CN(Cc1ccccc1)CC2=O)NCCN1CCCC1. The van der Waals surface area contributed by atoms with E-state index in [-0.39, 0.29) is 23.7 Å². The molecule has 2 amide bonds. The summed E-state index contributed by atoms with van der Waals surface area (Å²) in [5.41, 5.74) is 2.26. The lowest BCUT2D eigenvalue weighted by atomic mass is 9.82. The Bertz CT molecular complexity index is 1120. The highest BCUT2D eigenvalue weighted by Crippen LogP contribution is 2.29.